The number of halogens is 2. The van der Waals surface area contributed by atoms with Gasteiger partial charge in [-0.3, -0.25) is 4.79 Å². The molecule has 1 amide bonds. The zero-order valence-corrected chi connectivity index (χ0v) is 14.0. The summed E-state index contributed by atoms with van der Waals surface area (Å²) >= 11 is 11.8. The fourth-order valence-corrected chi connectivity index (χ4v) is 2.67. The number of hydrogen-bond acceptors (Lipinski definition) is 2. The van der Waals surface area contributed by atoms with Crippen LogP contribution < -0.4 is 0 Å². The van der Waals surface area contributed by atoms with E-state index in [0.29, 0.717) is 23.2 Å². The molecule has 0 fully saturated rings. The van der Waals surface area contributed by atoms with Crippen molar-refractivity contribution in [2.45, 2.75) is 46.6 Å². The van der Waals surface area contributed by atoms with Crippen LogP contribution in [0.3, 0.4) is 0 Å². The first-order valence-corrected chi connectivity index (χ1v) is 7.79. The van der Waals surface area contributed by atoms with Crippen LogP contribution in [0.25, 0.3) is 0 Å². The molecule has 1 rings (SSSR count). The van der Waals surface area contributed by atoms with Crippen molar-refractivity contribution in [2.75, 3.05) is 6.54 Å². The summed E-state index contributed by atoms with van der Waals surface area (Å²) in [6, 6.07) is 3.47. The summed E-state index contributed by atoms with van der Waals surface area (Å²) in [6.07, 6.45) is 1.85. The van der Waals surface area contributed by atoms with Gasteiger partial charge < -0.3 is 4.90 Å². The summed E-state index contributed by atoms with van der Waals surface area (Å²) < 4.78 is 0. The molecule has 1 aromatic rings. The van der Waals surface area contributed by atoms with Crippen LogP contribution in [0.15, 0.2) is 12.1 Å². The van der Waals surface area contributed by atoms with Crippen molar-refractivity contribution in [1.29, 1.82) is 0 Å². The predicted octanol–water partition coefficient (Wildman–Crippen LogP) is 4.68. The lowest BCUT2D eigenvalue weighted by molar-refractivity contribution is 0.0640. The number of aromatic nitrogens is 1. The van der Waals surface area contributed by atoms with E-state index < -0.39 is 0 Å². The lowest BCUT2D eigenvalue weighted by atomic mass is 10.1. The van der Waals surface area contributed by atoms with Gasteiger partial charge in [0.25, 0.3) is 5.91 Å². The number of rotatable bonds is 6. The minimum Gasteiger partial charge on any atom is -0.335 e. The van der Waals surface area contributed by atoms with Gasteiger partial charge in [-0.15, -0.1) is 0 Å². The zero-order chi connectivity index (χ0) is 15.3. The van der Waals surface area contributed by atoms with Crippen LogP contribution in [-0.4, -0.2) is 28.4 Å². The van der Waals surface area contributed by atoms with Gasteiger partial charge in [0.05, 0.1) is 5.56 Å². The highest BCUT2D eigenvalue weighted by atomic mass is 35.5. The third-order valence-corrected chi connectivity index (χ3v) is 3.75. The highest BCUT2D eigenvalue weighted by Gasteiger charge is 2.25. The fourth-order valence-electron chi connectivity index (χ4n) is 2.25. The largest absolute Gasteiger partial charge is 0.335 e. The minimum absolute atomic E-state index is 0.0680. The molecule has 0 saturated carbocycles. The predicted molar refractivity (Wildman–Crippen MR) is 84.5 cm³/mol. The molecule has 112 valence electrons. The van der Waals surface area contributed by atoms with Gasteiger partial charge in [0, 0.05) is 12.6 Å². The fraction of sp³-hybridized carbons (Fsp3) is 0.600. The summed E-state index contributed by atoms with van der Waals surface area (Å²) in [7, 11) is 0. The molecule has 0 bridgehead atoms. The standard InChI is InChI=1S/C15H22Cl2N2O/c1-5-11(6-2)19(9-10(3)4)15(20)12-7-8-13(16)18-14(12)17/h7-8,10-11H,5-6,9H2,1-4H3. The topological polar surface area (TPSA) is 33.2 Å². The molecular formula is C15H22Cl2N2O. The number of nitrogens with zero attached hydrogens (tertiary/aromatic N) is 2. The Bertz CT molecular complexity index is 459. The summed E-state index contributed by atoms with van der Waals surface area (Å²) in [5.41, 5.74) is 0.420. The van der Waals surface area contributed by atoms with Crippen molar-refractivity contribution in [3.63, 3.8) is 0 Å². The Morgan fingerprint density at radius 1 is 1.25 bits per heavy atom. The minimum atomic E-state index is -0.0680. The molecule has 0 atom stereocenters. The van der Waals surface area contributed by atoms with E-state index in [1.807, 2.05) is 4.90 Å². The molecule has 5 heteroatoms. The molecule has 0 unspecified atom stereocenters. The van der Waals surface area contributed by atoms with E-state index >= 15 is 0 Å². The van der Waals surface area contributed by atoms with Crippen molar-refractivity contribution in [3.8, 4) is 0 Å². The van der Waals surface area contributed by atoms with Crippen molar-refractivity contribution >= 4 is 29.1 Å². The van der Waals surface area contributed by atoms with Crippen LogP contribution in [-0.2, 0) is 0 Å². The van der Waals surface area contributed by atoms with Gasteiger partial charge in [0.1, 0.15) is 10.3 Å². The van der Waals surface area contributed by atoms with Crippen molar-refractivity contribution in [2.24, 2.45) is 5.92 Å². The highest BCUT2D eigenvalue weighted by molar-refractivity contribution is 6.34. The van der Waals surface area contributed by atoms with Crippen molar-refractivity contribution in [3.05, 3.63) is 28.0 Å². The number of carbonyl (C=O) groups is 1. The van der Waals surface area contributed by atoms with Gasteiger partial charge in [-0.2, -0.15) is 0 Å². The number of pyridine rings is 1. The van der Waals surface area contributed by atoms with Crippen molar-refractivity contribution < 1.29 is 4.79 Å². The third kappa shape index (κ3) is 4.35. The lowest BCUT2D eigenvalue weighted by Crippen LogP contribution is -2.42. The van der Waals surface area contributed by atoms with Gasteiger partial charge in [-0.05, 0) is 30.9 Å². The first-order chi connectivity index (χ1) is 9.40. The monoisotopic (exact) mass is 316 g/mol. The van der Waals surface area contributed by atoms with Gasteiger partial charge in [-0.25, -0.2) is 4.98 Å². The van der Waals surface area contributed by atoms with Crippen LogP contribution in [0.2, 0.25) is 10.3 Å². The molecule has 0 aliphatic heterocycles. The quantitative estimate of drug-likeness (QED) is 0.714. The molecule has 0 aromatic carbocycles. The molecule has 3 nitrogen and oxygen atoms in total. The molecular weight excluding hydrogens is 295 g/mol. The number of amides is 1. The SMILES string of the molecule is CCC(CC)N(CC(C)C)C(=O)c1ccc(Cl)nc1Cl. The van der Waals surface area contributed by atoms with E-state index in [4.69, 9.17) is 23.2 Å². The average molecular weight is 317 g/mol. The van der Waals surface area contributed by atoms with E-state index in [0.717, 1.165) is 12.8 Å². The van der Waals surface area contributed by atoms with Gasteiger partial charge >= 0.3 is 0 Å². The maximum Gasteiger partial charge on any atom is 0.257 e. The second-order valence-electron chi connectivity index (χ2n) is 5.29. The van der Waals surface area contributed by atoms with Gasteiger partial charge in [-0.1, -0.05) is 50.9 Å². The smallest absolute Gasteiger partial charge is 0.257 e. The Hall–Kier alpha value is -0.800. The molecule has 0 saturated heterocycles. The molecule has 0 N–H and O–H groups in total. The number of hydrogen-bond donors (Lipinski definition) is 0. The summed E-state index contributed by atoms with van der Waals surface area (Å²) in [6.45, 7) is 9.10. The molecule has 0 radical (unpaired) electrons. The van der Waals surface area contributed by atoms with Gasteiger partial charge in [0.15, 0.2) is 0 Å². The molecule has 1 heterocycles. The Morgan fingerprint density at radius 2 is 1.85 bits per heavy atom. The van der Waals surface area contributed by atoms with Crippen LogP contribution in [0.5, 0.6) is 0 Å². The molecule has 0 spiro atoms. The maximum absolute atomic E-state index is 12.7. The maximum atomic E-state index is 12.7. The second-order valence-corrected chi connectivity index (χ2v) is 6.04. The Morgan fingerprint density at radius 3 is 2.30 bits per heavy atom. The molecule has 0 aliphatic rings. The molecule has 0 aliphatic carbocycles. The second kappa shape index (κ2) is 7.84. The molecule has 20 heavy (non-hydrogen) atoms. The zero-order valence-electron chi connectivity index (χ0n) is 12.5. The van der Waals surface area contributed by atoms with E-state index in [-0.39, 0.29) is 17.1 Å². The Kier molecular flexibility index (Phi) is 6.77. The summed E-state index contributed by atoms with van der Waals surface area (Å²) in [5.74, 6) is 0.333. The van der Waals surface area contributed by atoms with E-state index in [2.05, 4.69) is 32.7 Å². The average Bonchev–Trinajstić information content (AvgIpc) is 2.37. The lowest BCUT2D eigenvalue weighted by Gasteiger charge is -2.32. The van der Waals surface area contributed by atoms with Crippen LogP contribution >= 0.6 is 23.2 Å². The van der Waals surface area contributed by atoms with Crippen LogP contribution in [0.1, 0.15) is 50.9 Å². The van der Waals surface area contributed by atoms with Crippen LogP contribution in [0, 0.1) is 5.92 Å². The van der Waals surface area contributed by atoms with E-state index in [1.165, 1.54) is 0 Å². The highest BCUT2D eigenvalue weighted by Crippen LogP contribution is 2.21. The Labute approximate surface area is 131 Å². The van der Waals surface area contributed by atoms with Crippen LogP contribution in [0.4, 0.5) is 0 Å². The summed E-state index contributed by atoms with van der Waals surface area (Å²) in [5, 5.41) is 0.465. The van der Waals surface area contributed by atoms with Gasteiger partial charge in [0.2, 0.25) is 0 Å². The third-order valence-electron chi connectivity index (χ3n) is 3.25. The first-order valence-electron chi connectivity index (χ1n) is 7.03. The summed E-state index contributed by atoms with van der Waals surface area (Å²) in [4.78, 5) is 18.6. The molecule has 1 aromatic heterocycles. The normalized spacial score (nSPS) is 11.2. The first kappa shape index (κ1) is 17.3. The van der Waals surface area contributed by atoms with Crippen molar-refractivity contribution in [1.82, 2.24) is 9.88 Å². The van der Waals surface area contributed by atoms with E-state index in [1.54, 1.807) is 12.1 Å². The van der Waals surface area contributed by atoms with E-state index in [9.17, 15) is 4.79 Å². The number of carbonyl (C=O) groups excluding carboxylic acids is 1. The Balaban J connectivity index is 3.09.